The zero-order valence-electron chi connectivity index (χ0n) is 12.1. The fourth-order valence-electron chi connectivity index (χ4n) is 2.12. The van der Waals surface area contributed by atoms with Crippen LogP contribution in [-0.2, 0) is 14.8 Å². The van der Waals surface area contributed by atoms with Gasteiger partial charge in [0, 0.05) is 5.69 Å². The quantitative estimate of drug-likeness (QED) is 0.770. The molecule has 3 N–H and O–H groups in total. The maximum Gasteiger partial charge on any atom is 0.335 e. The third-order valence-corrected chi connectivity index (χ3v) is 4.66. The van der Waals surface area contributed by atoms with Crippen molar-refractivity contribution in [1.82, 2.24) is 0 Å². The van der Waals surface area contributed by atoms with Crippen LogP contribution in [0.3, 0.4) is 0 Å². The number of amides is 1. The van der Waals surface area contributed by atoms with Crippen LogP contribution in [0.25, 0.3) is 0 Å². The lowest BCUT2D eigenvalue weighted by atomic mass is 10.2. The van der Waals surface area contributed by atoms with Crippen LogP contribution in [0, 0.1) is 0 Å². The molecular formula is C15H12N2O6S. The fourth-order valence-corrected chi connectivity index (χ4v) is 3.21. The number of fused-ring (bicyclic) bond motifs is 1. The molecule has 1 amide bonds. The van der Waals surface area contributed by atoms with Crippen LogP contribution in [0.4, 0.5) is 11.4 Å². The van der Waals surface area contributed by atoms with E-state index in [1.807, 2.05) is 0 Å². The standard InChI is InChI=1S/C15H12N2O6S/c18-14-8-23-13-6-5-11(7-12(13)16-14)24(21,22)17-10-3-1-9(2-4-10)15(19)20/h1-7,17H,8H2,(H,16,18)(H,19,20). The summed E-state index contributed by atoms with van der Waals surface area (Å²) in [5, 5.41) is 11.4. The van der Waals surface area contributed by atoms with Gasteiger partial charge in [-0.3, -0.25) is 9.52 Å². The zero-order chi connectivity index (χ0) is 17.3. The van der Waals surface area contributed by atoms with E-state index < -0.39 is 16.0 Å². The number of carboxylic acids is 1. The number of carbonyl (C=O) groups excluding carboxylic acids is 1. The van der Waals surface area contributed by atoms with Gasteiger partial charge in [-0.05, 0) is 42.5 Å². The van der Waals surface area contributed by atoms with Crippen molar-refractivity contribution in [2.24, 2.45) is 0 Å². The Kier molecular flexibility index (Phi) is 3.86. The highest BCUT2D eigenvalue weighted by Gasteiger charge is 2.21. The maximum atomic E-state index is 12.4. The smallest absolute Gasteiger partial charge is 0.335 e. The van der Waals surface area contributed by atoms with Gasteiger partial charge in [0.1, 0.15) is 5.75 Å². The lowest BCUT2D eigenvalue weighted by molar-refractivity contribution is -0.118. The molecule has 1 aliphatic heterocycles. The van der Waals surface area contributed by atoms with E-state index in [0.29, 0.717) is 5.75 Å². The third-order valence-electron chi connectivity index (χ3n) is 3.28. The first-order chi connectivity index (χ1) is 11.3. The minimum atomic E-state index is -3.90. The number of nitrogens with one attached hydrogen (secondary N) is 2. The summed E-state index contributed by atoms with van der Waals surface area (Å²) in [5.74, 6) is -1.08. The molecule has 0 aliphatic carbocycles. The minimum absolute atomic E-state index is 0.0478. The Hall–Kier alpha value is -3.07. The highest BCUT2D eigenvalue weighted by molar-refractivity contribution is 7.92. The first-order valence-corrected chi connectivity index (χ1v) is 8.26. The second-order valence-corrected chi connectivity index (χ2v) is 6.67. The monoisotopic (exact) mass is 348 g/mol. The van der Waals surface area contributed by atoms with Crippen molar-refractivity contribution in [3.63, 3.8) is 0 Å². The Morgan fingerprint density at radius 3 is 2.54 bits per heavy atom. The average Bonchev–Trinajstić information content (AvgIpc) is 2.54. The lowest BCUT2D eigenvalue weighted by Gasteiger charge is -2.18. The molecule has 2 aromatic carbocycles. The van der Waals surface area contributed by atoms with Gasteiger partial charge < -0.3 is 15.2 Å². The molecule has 24 heavy (non-hydrogen) atoms. The number of carboxylic acid groups (broad SMARTS) is 1. The van der Waals surface area contributed by atoms with Crippen molar-refractivity contribution in [3.05, 3.63) is 48.0 Å². The molecule has 0 radical (unpaired) electrons. The van der Waals surface area contributed by atoms with E-state index in [9.17, 15) is 18.0 Å². The zero-order valence-corrected chi connectivity index (χ0v) is 13.0. The molecule has 3 rings (SSSR count). The van der Waals surface area contributed by atoms with Crippen molar-refractivity contribution < 1.29 is 27.9 Å². The molecule has 0 unspecified atom stereocenters. The summed E-state index contributed by atoms with van der Waals surface area (Å²) in [4.78, 5) is 22.1. The molecule has 124 valence electrons. The molecule has 1 aliphatic rings. The molecule has 2 aromatic rings. The summed E-state index contributed by atoms with van der Waals surface area (Å²) in [6.45, 7) is -0.118. The van der Waals surface area contributed by atoms with Gasteiger partial charge >= 0.3 is 5.97 Å². The molecular weight excluding hydrogens is 336 g/mol. The highest BCUT2D eigenvalue weighted by Crippen LogP contribution is 2.30. The number of benzene rings is 2. The second-order valence-electron chi connectivity index (χ2n) is 4.98. The molecule has 8 nitrogen and oxygen atoms in total. The summed E-state index contributed by atoms with van der Waals surface area (Å²) < 4.78 is 32.3. The van der Waals surface area contributed by atoms with Gasteiger partial charge in [-0.15, -0.1) is 0 Å². The molecule has 9 heteroatoms. The number of carbonyl (C=O) groups is 2. The van der Waals surface area contributed by atoms with Crippen molar-refractivity contribution in [2.45, 2.75) is 4.90 Å². The first-order valence-electron chi connectivity index (χ1n) is 6.78. The maximum absolute atomic E-state index is 12.4. The highest BCUT2D eigenvalue weighted by atomic mass is 32.2. The summed E-state index contributed by atoms with van der Waals surface area (Å²) in [7, 11) is -3.90. The molecule has 1 heterocycles. The van der Waals surface area contributed by atoms with Crippen LogP contribution in [0.2, 0.25) is 0 Å². The van der Waals surface area contributed by atoms with Gasteiger partial charge in [-0.25, -0.2) is 13.2 Å². The van der Waals surface area contributed by atoms with Crippen molar-refractivity contribution in [2.75, 3.05) is 16.6 Å². The minimum Gasteiger partial charge on any atom is -0.482 e. The normalized spacial score (nSPS) is 13.4. The van der Waals surface area contributed by atoms with Gasteiger partial charge in [0.05, 0.1) is 16.1 Å². The Morgan fingerprint density at radius 1 is 1.17 bits per heavy atom. The van der Waals surface area contributed by atoms with E-state index in [1.54, 1.807) is 0 Å². The molecule has 0 saturated heterocycles. The Morgan fingerprint density at radius 2 is 1.88 bits per heavy atom. The van der Waals surface area contributed by atoms with Crippen LogP contribution in [0.5, 0.6) is 5.75 Å². The van der Waals surface area contributed by atoms with E-state index in [1.165, 1.54) is 42.5 Å². The van der Waals surface area contributed by atoms with E-state index in [4.69, 9.17) is 9.84 Å². The molecule has 0 spiro atoms. The summed E-state index contributed by atoms with van der Waals surface area (Å²) >= 11 is 0. The van der Waals surface area contributed by atoms with E-state index in [0.717, 1.165) is 0 Å². The number of aromatic carboxylic acids is 1. The fraction of sp³-hybridized carbons (Fsp3) is 0.0667. The van der Waals surface area contributed by atoms with Crippen LogP contribution in [0.1, 0.15) is 10.4 Å². The number of rotatable bonds is 4. The van der Waals surface area contributed by atoms with Gasteiger partial charge in [0.25, 0.3) is 15.9 Å². The second kappa shape index (κ2) is 5.85. The molecule has 0 bridgehead atoms. The summed E-state index contributed by atoms with van der Waals surface area (Å²) in [6.07, 6.45) is 0. The number of sulfonamides is 1. The number of hydrogen-bond acceptors (Lipinski definition) is 5. The molecule has 0 atom stereocenters. The predicted octanol–water partition coefficient (Wildman–Crippen LogP) is 1.52. The van der Waals surface area contributed by atoms with Gasteiger partial charge in [-0.1, -0.05) is 0 Å². The lowest BCUT2D eigenvalue weighted by Crippen LogP contribution is -2.25. The first kappa shape index (κ1) is 15.8. The molecule has 0 saturated carbocycles. The number of anilines is 2. The topological polar surface area (TPSA) is 122 Å². The van der Waals surface area contributed by atoms with Crippen LogP contribution in [-0.4, -0.2) is 32.0 Å². The van der Waals surface area contributed by atoms with E-state index in [2.05, 4.69) is 10.0 Å². The Balaban J connectivity index is 1.86. The number of ether oxygens (including phenoxy) is 1. The summed E-state index contributed by atoms with van der Waals surface area (Å²) in [6, 6.07) is 9.39. The van der Waals surface area contributed by atoms with E-state index in [-0.39, 0.29) is 34.3 Å². The van der Waals surface area contributed by atoms with Crippen LogP contribution < -0.4 is 14.8 Å². The average molecular weight is 348 g/mol. The molecule has 0 fully saturated rings. The van der Waals surface area contributed by atoms with Gasteiger partial charge in [0.2, 0.25) is 0 Å². The largest absolute Gasteiger partial charge is 0.482 e. The van der Waals surface area contributed by atoms with E-state index >= 15 is 0 Å². The van der Waals surface area contributed by atoms with Crippen molar-refractivity contribution in [3.8, 4) is 5.75 Å². The SMILES string of the molecule is O=C1COc2ccc(S(=O)(=O)Nc3ccc(C(=O)O)cc3)cc2N1. The third kappa shape index (κ3) is 3.15. The summed E-state index contributed by atoms with van der Waals surface area (Å²) in [5.41, 5.74) is 0.542. The van der Waals surface area contributed by atoms with Crippen molar-refractivity contribution >= 4 is 33.3 Å². The van der Waals surface area contributed by atoms with Gasteiger partial charge in [-0.2, -0.15) is 0 Å². The Bertz CT molecular complexity index is 921. The van der Waals surface area contributed by atoms with Crippen molar-refractivity contribution in [1.29, 1.82) is 0 Å². The van der Waals surface area contributed by atoms with Crippen LogP contribution >= 0.6 is 0 Å². The Labute approximate surface area is 137 Å². The predicted molar refractivity (Wildman–Crippen MR) is 84.8 cm³/mol. The van der Waals surface area contributed by atoms with Gasteiger partial charge in [0.15, 0.2) is 6.61 Å². The molecule has 0 aromatic heterocycles. The number of hydrogen-bond donors (Lipinski definition) is 3. The van der Waals surface area contributed by atoms with Crippen LogP contribution in [0.15, 0.2) is 47.4 Å².